The number of likely N-dealkylation sites (tertiary alicyclic amines) is 1. The third-order valence-electron chi connectivity index (χ3n) is 5.79. The molecule has 5 rings (SSSR count). The molecule has 4 heterocycles. The molecule has 0 unspecified atom stereocenters. The number of nitrogens with one attached hydrogen (secondary N) is 2. The number of H-pyrrole nitrogens is 1. The molecule has 0 saturated carbocycles. The highest BCUT2D eigenvalue weighted by Crippen LogP contribution is 2.39. The van der Waals surface area contributed by atoms with Crippen molar-refractivity contribution in [3.63, 3.8) is 0 Å². The second kappa shape index (κ2) is 7.98. The molecule has 33 heavy (non-hydrogen) atoms. The van der Waals surface area contributed by atoms with Crippen LogP contribution in [0.3, 0.4) is 0 Å². The van der Waals surface area contributed by atoms with Gasteiger partial charge in [-0.3, -0.25) is 4.90 Å². The van der Waals surface area contributed by atoms with E-state index >= 15 is 0 Å². The molecule has 2 atom stereocenters. The lowest BCUT2D eigenvalue weighted by Crippen LogP contribution is -2.63. The molecule has 13 heteroatoms. The molecule has 0 bridgehead atoms. The van der Waals surface area contributed by atoms with Gasteiger partial charge in [-0.15, -0.1) is 0 Å². The van der Waals surface area contributed by atoms with Crippen molar-refractivity contribution in [1.29, 1.82) is 0 Å². The number of anilines is 1. The van der Waals surface area contributed by atoms with Crippen LogP contribution in [0.2, 0.25) is 0 Å². The van der Waals surface area contributed by atoms with Crippen LogP contribution in [0.4, 0.5) is 19.0 Å². The van der Waals surface area contributed by atoms with Crippen molar-refractivity contribution in [1.82, 2.24) is 19.9 Å². The van der Waals surface area contributed by atoms with Gasteiger partial charge in [0.25, 0.3) is 0 Å². The lowest BCUT2D eigenvalue weighted by Gasteiger charge is -2.50. The fraction of sp³-hybridized carbons (Fsp3) is 0.400. The molecule has 0 aliphatic carbocycles. The Hall–Kier alpha value is -2.66. The van der Waals surface area contributed by atoms with E-state index in [9.17, 15) is 13.2 Å². The number of halogens is 3. The lowest BCUT2D eigenvalue weighted by molar-refractivity contribution is -0.140. The maximum Gasteiger partial charge on any atom is 0.431 e. The van der Waals surface area contributed by atoms with E-state index in [0.717, 1.165) is 11.6 Å². The smallest absolute Gasteiger partial charge is 0.431 e. The number of alkyl halides is 3. The molecular formula is C20H17B3F3N5O2. The second-order valence-corrected chi connectivity index (χ2v) is 8.25. The zero-order valence-electron chi connectivity index (χ0n) is 17.3. The molecule has 3 aromatic rings. The average molecular weight is 449 g/mol. The van der Waals surface area contributed by atoms with E-state index in [-0.39, 0.29) is 35.0 Å². The predicted octanol–water partition coefficient (Wildman–Crippen LogP) is 1.71. The van der Waals surface area contributed by atoms with E-state index in [2.05, 4.69) is 25.2 Å². The Labute approximate surface area is 191 Å². The van der Waals surface area contributed by atoms with Gasteiger partial charge in [0.1, 0.15) is 35.8 Å². The number of hydrogen-bond acceptors (Lipinski definition) is 6. The Kier molecular flexibility index (Phi) is 5.36. The minimum atomic E-state index is -4.53. The molecule has 0 amide bonds. The minimum absolute atomic E-state index is 0.0966. The Morgan fingerprint density at radius 2 is 1.91 bits per heavy atom. The monoisotopic (exact) mass is 449 g/mol. The lowest BCUT2D eigenvalue weighted by atomic mass is 9.52. The van der Waals surface area contributed by atoms with Gasteiger partial charge in [0, 0.05) is 18.7 Å². The van der Waals surface area contributed by atoms with Crippen molar-refractivity contribution in [2.75, 3.05) is 25.0 Å². The van der Waals surface area contributed by atoms with Gasteiger partial charge in [0.05, 0.1) is 47.1 Å². The summed E-state index contributed by atoms with van der Waals surface area (Å²) in [7, 11) is 16.6. The van der Waals surface area contributed by atoms with Crippen molar-refractivity contribution in [2.24, 2.45) is 0 Å². The van der Waals surface area contributed by atoms with Crippen molar-refractivity contribution in [3.05, 3.63) is 47.9 Å². The first-order valence-electron chi connectivity index (χ1n) is 10.3. The van der Waals surface area contributed by atoms with Crippen LogP contribution in [-0.4, -0.2) is 80.5 Å². The number of para-hydroxylation sites is 1. The zero-order chi connectivity index (χ0) is 23.4. The summed E-state index contributed by atoms with van der Waals surface area (Å²) >= 11 is 0. The summed E-state index contributed by atoms with van der Waals surface area (Å²) in [6, 6.07) is 8.02. The van der Waals surface area contributed by atoms with Crippen LogP contribution in [0.5, 0.6) is 5.75 Å². The summed E-state index contributed by atoms with van der Waals surface area (Å²) in [5.41, 5.74) is 0.0724. The van der Waals surface area contributed by atoms with Crippen LogP contribution < -0.4 is 10.1 Å². The van der Waals surface area contributed by atoms with E-state index < -0.39 is 17.2 Å². The average Bonchev–Trinajstić information content (AvgIpc) is 3.16. The van der Waals surface area contributed by atoms with Gasteiger partial charge >= 0.3 is 6.18 Å². The predicted molar refractivity (Wildman–Crippen MR) is 117 cm³/mol. The number of fused-ring (bicyclic) bond motifs is 2. The van der Waals surface area contributed by atoms with E-state index in [4.69, 9.17) is 33.0 Å². The molecule has 2 N–H and O–H groups in total. The molecular weight excluding hydrogens is 432 g/mol. The number of aromatic nitrogens is 3. The first kappa shape index (κ1) is 22.2. The highest BCUT2D eigenvalue weighted by atomic mass is 19.4. The highest BCUT2D eigenvalue weighted by molar-refractivity contribution is 6.58. The molecule has 2 aliphatic heterocycles. The summed E-state index contributed by atoms with van der Waals surface area (Å²) in [6.45, 7) is 1.39. The van der Waals surface area contributed by atoms with E-state index in [1.54, 1.807) is 0 Å². The molecule has 1 fully saturated rings. The summed E-state index contributed by atoms with van der Waals surface area (Å²) in [6.07, 6.45) is -3.55. The van der Waals surface area contributed by atoms with Crippen molar-refractivity contribution in [2.45, 2.75) is 29.7 Å². The maximum atomic E-state index is 13.2. The topological polar surface area (TPSA) is 75.3 Å². The minimum Gasteiger partial charge on any atom is -0.491 e. The van der Waals surface area contributed by atoms with Gasteiger partial charge in [-0.25, -0.2) is 9.97 Å². The summed E-state index contributed by atoms with van der Waals surface area (Å²) < 4.78 is 51.0. The normalized spacial score (nSPS) is 21.9. The number of benzene rings is 1. The van der Waals surface area contributed by atoms with E-state index in [1.807, 2.05) is 24.3 Å². The molecule has 2 aromatic heterocycles. The fourth-order valence-electron chi connectivity index (χ4n) is 4.30. The van der Waals surface area contributed by atoms with Crippen LogP contribution >= 0.6 is 0 Å². The Bertz CT molecular complexity index is 1160. The first-order valence-corrected chi connectivity index (χ1v) is 10.3. The van der Waals surface area contributed by atoms with E-state index in [1.165, 1.54) is 6.33 Å². The standard InChI is InChI=1S/C20H17B3F3N5O2/c21-20(22,23)33-10-6-31(7-10)13-8-32-14-4-2-1-3-11(14)16(13)30-18-12-5-15(19(24,25)26)29-17(12)27-9-28-18/h1-5,9-10,13,16H,6-8H2,(H2,27,28,29,30)/t13-,16-/m0/s1. The third-order valence-corrected chi connectivity index (χ3v) is 5.79. The SMILES string of the molecule is [B]C([B])([B])OC1CN([C@H]2COc3ccccc3[C@@H]2Nc2ncnc3[nH]c(C(F)(F)F)cc23)C1. The Balaban J connectivity index is 1.45. The zero-order valence-corrected chi connectivity index (χ0v) is 17.3. The maximum absolute atomic E-state index is 13.2. The van der Waals surface area contributed by atoms with Crippen molar-refractivity contribution in [3.8, 4) is 5.75 Å². The number of rotatable bonds is 5. The third kappa shape index (κ3) is 4.43. The Morgan fingerprint density at radius 1 is 1.15 bits per heavy atom. The second-order valence-electron chi connectivity index (χ2n) is 8.25. The highest BCUT2D eigenvalue weighted by Gasteiger charge is 2.42. The molecule has 1 saturated heterocycles. The van der Waals surface area contributed by atoms with Gasteiger partial charge in [0.2, 0.25) is 0 Å². The van der Waals surface area contributed by atoms with Gasteiger partial charge in [-0.1, -0.05) is 18.2 Å². The van der Waals surface area contributed by atoms with Gasteiger partial charge in [-0.2, -0.15) is 13.2 Å². The molecule has 2 aliphatic rings. The molecule has 1 aromatic carbocycles. The van der Waals surface area contributed by atoms with Crippen LogP contribution in [-0.2, 0) is 10.9 Å². The summed E-state index contributed by atoms with van der Waals surface area (Å²) in [4.78, 5) is 12.6. The summed E-state index contributed by atoms with van der Waals surface area (Å²) in [5.74, 6) is 0.983. The molecule has 164 valence electrons. The van der Waals surface area contributed by atoms with Crippen LogP contribution in [0.25, 0.3) is 11.0 Å². The van der Waals surface area contributed by atoms with Crippen LogP contribution in [0.15, 0.2) is 36.7 Å². The van der Waals surface area contributed by atoms with E-state index in [0.29, 0.717) is 25.4 Å². The Morgan fingerprint density at radius 3 is 2.64 bits per heavy atom. The molecule has 0 spiro atoms. The van der Waals surface area contributed by atoms with Gasteiger partial charge in [-0.05, 0) is 17.4 Å². The quantitative estimate of drug-likeness (QED) is 0.579. The largest absolute Gasteiger partial charge is 0.491 e. The van der Waals surface area contributed by atoms with Crippen LogP contribution in [0, 0.1) is 0 Å². The molecule has 6 radical (unpaired) electrons. The number of aromatic amines is 1. The van der Waals surface area contributed by atoms with Gasteiger partial charge in [0.15, 0.2) is 0 Å². The fourth-order valence-corrected chi connectivity index (χ4v) is 4.30. The van der Waals surface area contributed by atoms with Gasteiger partial charge < -0.3 is 19.8 Å². The number of ether oxygens (including phenoxy) is 2. The van der Waals surface area contributed by atoms with Crippen molar-refractivity contribution >= 4 is 40.4 Å². The number of hydrogen-bond donors (Lipinski definition) is 2. The first-order chi connectivity index (χ1) is 15.6. The van der Waals surface area contributed by atoms with Crippen LogP contribution in [0.1, 0.15) is 17.3 Å². The molecule has 7 nitrogen and oxygen atoms in total. The number of nitrogens with zero attached hydrogens (tertiary/aromatic N) is 3. The summed E-state index contributed by atoms with van der Waals surface area (Å²) in [5, 5.41) is 1.86. The van der Waals surface area contributed by atoms with Crippen molar-refractivity contribution < 1.29 is 22.6 Å².